The van der Waals surface area contributed by atoms with E-state index in [9.17, 15) is 4.79 Å². The lowest BCUT2D eigenvalue weighted by Gasteiger charge is -2.23. The quantitative estimate of drug-likeness (QED) is 0.708. The standard InChI is InChI=1S/C8H8N2O3/c11-8(12)5-1-9-7(10-2-5)6-3-13-4-6/h1-2,6H,3-4H2,(H,11,12). The van der Waals surface area contributed by atoms with Crippen LogP contribution in [0.3, 0.4) is 0 Å². The molecule has 1 saturated heterocycles. The number of rotatable bonds is 2. The van der Waals surface area contributed by atoms with Crippen molar-refractivity contribution < 1.29 is 14.6 Å². The van der Waals surface area contributed by atoms with Crippen molar-refractivity contribution in [3.05, 3.63) is 23.8 Å². The number of hydrogen-bond acceptors (Lipinski definition) is 4. The van der Waals surface area contributed by atoms with Gasteiger partial charge in [0.15, 0.2) is 0 Å². The van der Waals surface area contributed by atoms with Crippen LogP contribution in [0.4, 0.5) is 0 Å². The fraction of sp³-hybridized carbons (Fsp3) is 0.375. The zero-order chi connectivity index (χ0) is 9.26. The van der Waals surface area contributed by atoms with Gasteiger partial charge in [0.25, 0.3) is 0 Å². The summed E-state index contributed by atoms with van der Waals surface area (Å²) in [5.74, 6) is -0.101. The van der Waals surface area contributed by atoms with Crippen molar-refractivity contribution >= 4 is 5.97 Å². The summed E-state index contributed by atoms with van der Waals surface area (Å²) in [5, 5.41) is 8.58. The molecule has 1 aliphatic heterocycles. The number of carboxylic acids is 1. The maximum atomic E-state index is 10.5. The highest BCUT2D eigenvalue weighted by Gasteiger charge is 2.23. The smallest absolute Gasteiger partial charge is 0.338 e. The van der Waals surface area contributed by atoms with Crippen molar-refractivity contribution in [3.63, 3.8) is 0 Å². The molecule has 0 aliphatic carbocycles. The van der Waals surface area contributed by atoms with Gasteiger partial charge in [-0.15, -0.1) is 0 Å². The van der Waals surface area contributed by atoms with Gasteiger partial charge in [-0.25, -0.2) is 14.8 Å². The molecule has 0 bridgehead atoms. The molecule has 1 N–H and O–H groups in total. The fourth-order valence-electron chi connectivity index (χ4n) is 1.04. The van der Waals surface area contributed by atoms with Gasteiger partial charge in [0.05, 0.1) is 24.7 Å². The van der Waals surface area contributed by atoms with Gasteiger partial charge in [-0.1, -0.05) is 0 Å². The summed E-state index contributed by atoms with van der Waals surface area (Å²) in [7, 11) is 0. The van der Waals surface area contributed by atoms with Crippen LogP contribution in [0.2, 0.25) is 0 Å². The van der Waals surface area contributed by atoms with Crippen LogP contribution >= 0.6 is 0 Å². The second kappa shape index (κ2) is 3.10. The van der Waals surface area contributed by atoms with E-state index in [1.807, 2.05) is 0 Å². The van der Waals surface area contributed by atoms with Crippen LogP contribution in [0, 0.1) is 0 Å². The molecule has 13 heavy (non-hydrogen) atoms. The summed E-state index contributed by atoms with van der Waals surface area (Å²) in [5.41, 5.74) is 0.115. The van der Waals surface area contributed by atoms with Crippen molar-refractivity contribution in [2.24, 2.45) is 0 Å². The average molecular weight is 180 g/mol. The van der Waals surface area contributed by atoms with Crippen molar-refractivity contribution in [2.45, 2.75) is 5.92 Å². The van der Waals surface area contributed by atoms with Crippen LogP contribution in [-0.4, -0.2) is 34.3 Å². The molecule has 2 rings (SSSR count). The molecule has 5 heteroatoms. The Labute approximate surface area is 74.4 Å². The molecule has 1 aromatic heterocycles. The maximum Gasteiger partial charge on any atom is 0.338 e. The summed E-state index contributed by atoms with van der Waals surface area (Å²) in [6.07, 6.45) is 2.64. The predicted molar refractivity (Wildman–Crippen MR) is 42.6 cm³/mol. The Morgan fingerprint density at radius 3 is 2.46 bits per heavy atom. The maximum absolute atomic E-state index is 10.5. The van der Waals surface area contributed by atoms with Crippen molar-refractivity contribution in [1.82, 2.24) is 9.97 Å². The molecular formula is C8H8N2O3. The zero-order valence-electron chi connectivity index (χ0n) is 6.80. The summed E-state index contributed by atoms with van der Waals surface area (Å²) < 4.78 is 4.97. The highest BCUT2D eigenvalue weighted by Crippen LogP contribution is 2.19. The molecule has 0 aromatic carbocycles. The minimum atomic E-state index is -1.00. The molecule has 0 spiro atoms. The molecule has 0 radical (unpaired) electrons. The van der Waals surface area contributed by atoms with Gasteiger partial charge in [-0.2, -0.15) is 0 Å². The van der Waals surface area contributed by atoms with Crippen molar-refractivity contribution in [1.29, 1.82) is 0 Å². The largest absolute Gasteiger partial charge is 0.478 e. The molecule has 2 heterocycles. The Hall–Kier alpha value is -1.49. The van der Waals surface area contributed by atoms with Crippen LogP contribution in [0.1, 0.15) is 22.1 Å². The highest BCUT2D eigenvalue weighted by atomic mass is 16.5. The minimum Gasteiger partial charge on any atom is -0.478 e. The first kappa shape index (κ1) is 8.12. The molecule has 5 nitrogen and oxygen atoms in total. The Morgan fingerprint density at radius 1 is 1.46 bits per heavy atom. The van der Waals surface area contributed by atoms with Gasteiger partial charge in [-0.05, 0) is 0 Å². The molecule has 0 unspecified atom stereocenters. The Morgan fingerprint density at radius 2 is 2.08 bits per heavy atom. The first-order valence-corrected chi connectivity index (χ1v) is 3.90. The van der Waals surface area contributed by atoms with E-state index in [0.29, 0.717) is 19.0 Å². The lowest BCUT2D eigenvalue weighted by Crippen LogP contribution is -2.27. The van der Waals surface area contributed by atoms with Gasteiger partial charge in [0.1, 0.15) is 5.82 Å². The fourth-order valence-corrected chi connectivity index (χ4v) is 1.04. The molecule has 1 aromatic rings. The monoisotopic (exact) mass is 180 g/mol. The van der Waals surface area contributed by atoms with Gasteiger partial charge in [0.2, 0.25) is 0 Å². The van der Waals surface area contributed by atoms with E-state index >= 15 is 0 Å². The van der Waals surface area contributed by atoms with Gasteiger partial charge in [-0.3, -0.25) is 0 Å². The van der Waals surface area contributed by atoms with Gasteiger partial charge in [0, 0.05) is 12.4 Å². The van der Waals surface area contributed by atoms with E-state index in [1.165, 1.54) is 12.4 Å². The number of carboxylic acid groups (broad SMARTS) is 1. The normalized spacial score (nSPS) is 16.6. The summed E-state index contributed by atoms with van der Waals surface area (Å²) >= 11 is 0. The third kappa shape index (κ3) is 1.50. The Balaban J connectivity index is 2.17. The molecule has 0 atom stereocenters. The van der Waals surface area contributed by atoms with E-state index in [0.717, 1.165) is 0 Å². The number of ether oxygens (including phenoxy) is 1. The minimum absolute atomic E-state index is 0.115. The second-order valence-electron chi connectivity index (χ2n) is 2.87. The van der Waals surface area contributed by atoms with E-state index in [4.69, 9.17) is 9.84 Å². The van der Waals surface area contributed by atoms with Gasteiger partial charge >= 0.3 is 5.97 Å². The number of aromatic nitrogens is 2. The topological polar surface area (TPSA) is 72.3 Å². The first-order chi connectivity index (χ1) is 6.27. The molecule has 1 aliphatic rings. The first-order valence-electron chi connectivity index (χ1n) is 3.90. The number of nitrogens with zero attached hydrogens (tertiary/aromatic N) is 2. The number of hydrogen-bond donors (Lipinski definition) is 1. The van der Waals surface area contributed by atoms with Crippen LogP contribution in [-0.2, 0) is 4.74 Å². The van der Waals surface area contributed by atoms with Crippen molar-refractivity contribution in [2.75, 3.05) is 13.2 Å². The molecule has 1 fully saturated rings. The Kier molecular flexibility index (Phi) is 1.94. The van der Waals surface area contributed by atoms with Crippen LogP contribution in [0.5, 0.6) is 0 Å². The van der Waals surface area contributed by atoms with Crippen LogP contribution in [0.15, 0.2) is 12.4 Å². The van der Waals surface area contributed by atoms with E-state index in [1.54, 1.807) is 0 Å². The lowest BCUT2D eigenvalue weighted by atomic mass is 10.1. The summed E-state index contributed by atoms with van der Waals surface area (Å²) in [6.45, 7) is 1.26. The summed E-state index contributed by atoms with van der Waals surface area (Å²) in [4.78, 5) is 18.4. The van der Waals surface area contributed by atoms with E-state index < -0.39 is 5.97 Å². The molecule has 68 valence electrons. The predicted octanol–water partition coefficient (Wildman–Crippen LogP) is 0.289. The average Bonchev–Trinajstić information content (AvgIpc) is 2.02. The van der Waals surface area contributed by atoms with E-state index in [-0.39, 0.29) is 11.5 Å². The molecular weight excluding hydrogens is 172 g/mol. The van der Waals surface area contributed by atoms with Crippen LogP contribution in [0.25, 0.3) is 0 Å². The SMILES string of the molecule is O=C(O)c1cnc(C2COC2)nc1. The Bertz CT molecular complexity index is 319. The van der Waals surface area contributed by atoms with Crippen molar-refractivity contribution in [3.8, 4) is 0 Å². The third-order valence-electron chi connectivity index (χ3n) is 1.92. The van der Waals surface area contributed by atoms with E-state index in [2.05, 4.69) is 9.97 Å². The third-order valence-corrected chi connectivity index (χ3v) is 1.92. The zero-order valence-corrected chi connectivity index (χ0v) is 6.80. The highest BCUT2D eigenvalue weighted by molar-refractivity contribution is 5.86. The second-order valence-corrected chi connectivity index (χ2v) is 2.87. The number of carbonyl (C=O) groups is 1. The van der Waals surface area contributed by atoms with Gasteiger partial charge < -0.3 is 9.84 Å². The molecule has 0 saturated carbocycles. The lowest BCUT2D eigenvalue weighted by molar-refractivity contribution is 0.00482. The molecule has 0 amide bonds. The van der Waals surface area contributed by atoms with Crippen LogP contribution < -0.4 is 0 Å². The summed E-state index contributed by atoms with van der Waals surface area (Å²) in [6, 6.07) is 0. The number of aromatic carboxylic acids is 1.